The van der Waals surface area contributed by atoms with E-state index in [1.54, 1.807) is 4.57 Å². The highest BCUT2D eigenvalue weighted by molar-refractivity contribution is 6.09. The van der Waals surface area contributed by atoms with Crippen molar-refractivity contribution in [2.75, 3.05) is 0 Å². The predicted octanol–water partition coefficient (Wildman–Crippen LogP) is 8.86. The number of aryl methyl sites for hydroxylation is 2. The molecule has 7 aromatic rings. The van der Waals surface area contributed by atoms with Crippen LogP contribution in [-0.2, 0) is 0 Å². The molecule has 0 N–H and O–H groups in total. The molecule has 2 heterocycles. The Morgan fingerprint density at radius 2 is 0.902 bits per heavy atom. The van der Waals surface area contributed by atoms with Gasteiger partial charge in [-0.2, -0.15) is 0 Å². The van der Waals surface area contributed by atoms with Crippen LogP contribution in [0.5, 0.6) is 0 Å². The maximum Gasteiger partial charge on any atom is 0.164 e. The van der Waals surface area contributed by atoms with Gasteiger partial charge in [0, 0.05) is 27.5 Å². The molecule has 0 unspecified atom stereocenters. The average Bonchev–Trinajstić information content (AvgIpc) is 3.29. The predicted molar refractivity (Wildman–Crippen MR) is 160 cm³/mol. The van der Waals surface area contributed by atoms with Crippen LogP contribution in [0.4, 0.5) is 8.78 Å². The third-order valence-electron chi connectivity index (χ3n) is 7.27. The van der Waals surface area contributed by atoms with Crippen LogP contribution in [0.2, 0.25) is 0 Å². The van der Waals surface area contributed by atoms with Crippen LogP contribution in [0.25, 0.3) is 61.7 Å². The molecule has 0 aliphatic rings. The van der Waals surface area contributed by atoms with Crippen molar-refractivity contribution in [1.29, 1.82) is 0 Å². The summed E-state index contributed by atoms with van der Waals surface area (Å²) < 4.78 is 33.8. The highest BCUT2D eigenvalue weighted by Crippen LogP contribution is 2.36. The highest BCUT2D eigenvalue weighted by atomic mass is 19.1. The molecule has 6 heteroatoms. The van der Waals surface area contributed by atoms with Crippen LogP contribution < -0.4 is 0 Å². The van der Waals surface area contributed by atoms with Crippen LogP contribution >= 0.6 is 0 Å². The Morgan fingerprint density at radius 1 is 0.488 bits per heavy atom. The molecule has 2 aromatic heterocycles. The first-order valence-corrected chi connectivity index (χ1v) is 13.3. The SMILES string of the molecule is Cc1ccc2c(c1)c1cc(C)ccc1n2-c1c(F)cc(-c2nc(-c3ccccc3)nc(-c3ccccc3)n2)cc1F. The van der Waals surface area contributed by atoms with Gasteiger partial charge in [-0.3, -0.25) is 0 Å². The van der Waals surface area contributed by atoms with E-state index in [-0.39, 0.29) is 17.1 Å². The summed E-state index contributed by atoms with van der Waals surface area (Å²) in [6, 6.07) is 33.4. The lowest BCUT2D eigenvalue weighted by molar-refractivity contribution is 0.573. The van der Waals surface area contributed by atoms with E-state index in [1.807, 2.05) is 98.8 Å². The summed E-state index contributed by atoms with van der Waals surface area (Å²) in [5, 5.41) is 1.90. The Labute approximate surface area is 235 Å². The molecule has 0 fully saturated rings. The first-order valence-electron chi connectivity index (χ1n) is 13.3. The van der Waals surface area contributed by atoms with E-state index >= 15 is 8.78 Å². The van der Waals surface area contributed by atoms with Gasteiger partial charge in [0.25, 0.3) is 0 Å². The minimum Gasteiger partial charge on any atom is -0.304 e. The molecule has 7 rings (SSSR count). The van der Waals surface area contributed by atoms with Crippen LogP contribution in [0, 0.1) is 25.5 Å². The van der Waals surface area contributed by atoms with E-state index in [4.69, 9.17) is 0 Å². The van der Waals surface area contributed by atoms with Crippen molar-refractivity contribution in [3.63, 3.8) is 0 Å². The van der Waals surface area contributed by atoms with Gasteiger partial charge in [-0.15, -0.1) is 0 Å². The quantitative estimate of drug-likeness (QED) is 0.225. The van der Waals surface area contributed by atoms with Crippen molar-refractivity contribution in [1.82, 2.24) is 19.5 Å². The Morgan fingerprint density at radius 3 is 1.34 bits per heavy atom. The molecule has 0 amide bonds. The van der Waals surface area contributed by atoms with Crippen molar-refractivity contribution >= 4 is 21.8 Å². The topological polar surface area (TPSA) is 43.6 Å². The van der Waals surface area contributed by atoms with Gasteiger partial charge in [0.2, 0.25) is 0 Å². The van der Waals surface area contributed by atoms with E-state index in [2.05, 4.69) is 27.1 Å². The van der Waals surface area contributed by atoms with Crippen molar-refractivity contribution in [2.45, 2.75) is 13.8 Å². The summed E-state index contributed by atoms with van der Waals surface area (Å²) in [6.45, 7) is 4.02. The molecule has 0 atom stereocenters. The third-order valence-corrected chi connectivity index (χ3v) is 7.27. The number of rotatable bonds is 4. The number of nitrogens with zero attached hydrogens (tertiary/aromatic N) is 4. The second kappa shape index (κ2) is 9.75. The monoisotopic (exact) mass is 538 g/mol. The molecule has 0 radical (unpaired) electrons. The zero-order valence-corrected chi connectivity index (χ0v) is 22.4. The average molecular weight is 539 g/mol. The van der Waals surface area contributed by atoms with E-state index in [0.29, 0.717) is 11.6 Å². The molecule has 0 aliphatic heterocycles. The molecule has 0 aliphatic carbocycles. The Bertz CT molecular complexity index is 1940. The maximum absolute atomic E-state index is 16.1. The van der Waals surface area contributed by atoms with Crippen molar-refractivity contribution in [3.05, 3.63) is 132 Å². The minimum absolute atomic E-state index is 0.137. The second-order valence-electron chi connectivity index (χ2n) is 10.2. The fourth-order valence-corrected chi connectivity index (χ4v) is 5.34. The fourth-order valence-electron chi connectivity index (χ4n) is 5.34. The van der Waals surface area contributed by atoms with Crippen molar-refractivity contribution in [2.24, 2.45) is 0 Å². The van der Waals surface area contributed by atoms with Crippen LogP contribution in [-0.4, -0.2) is 19.5 Å². The molecule has 5 aromatic carbocycles. The molecule has 0 saturated carbocycles. The number of fused-ring (bicyclic) bond motifs is 3. The van der Waals surface area contributed by atoms with E-state index in [0.717, 1.165) is 44.1 Å². The summed E-state index contributed by atoms with van der Waals surface area (Å²) in [5.74, 6) is -0.374. The number of benzene rings is 5. The van der Waals surface area contributed by atoms with E-state index in [1.165, 1.54) is 12.1 Å². The van der Waals surface area contributed by atoms with Gasteiger partial charge in [0.1, 0.15) is 5.69 Å². The summed E-state index contributed by atoms with van der Waals surface area (Å²) in [4.78, 5) is 13.9. The standard InChI is InChI=1S/C35H24F2N4/c1-21-13-15-30-26(17-21)27-18-22(2)14-16-31(27)41(30)32-28(36)19-25(20-29(32)37)35-39-33(23-9-5-3-6-10-23)38-34(40-35)24-11-7-4-8-12-24/h3-20H,1-2H3. The van der Waals surface area contributed by atoms with Gasteiger partial charge in [0.15, 0.2) is 29.1 Å². The van der Waals surface area contributed by atoms with Crippen LogP contribution in [0.15, 0.2) is 109 Å². The summed E-state index contributed by atoms with van der Waals surface area (Å²) in [6.07, 6.45) is 0. The zero-order valence-electron chi connectivity index (χ0n) is 22.4. The Balaban J connectivity index is 1.44. The number of aromatic nitrogens is 4. The fraction of sp³-hybridized carbons (Fsp3) is 0.0571. The number of hydrogen-bond donors (Lipinski definition) is 0. The third kappa shape index (κ3) is 4.34. The van der Waals surface area contributed by atoms with Gasteiger partial charge in [-0.1, -0.05) is 83.9 Å². The molecular weight excluding hydrogens is 514 g/mol. The lowest BCUT2D eigenvalue weighted by Crippen LogP contribution is -2.04. The first-order chi connectivity index (χ1) is 20.0. The summed E-state index contributed by atoms with van der Waals surface area (Å²) in [5.41, 5.74) is 5.28. The van der Waals surface area contributed by atoms with Crippen molar-refractivity contribution < 1.29 is 8.78 Å². The molecule has 0 saturated heterocycles. The summed E-state index contributed by atoms with van der Waals surface area (Å²) in [7, 11) is 0. The highest BCUT2D eigenvalue weighted by Gasteiger charge is 2.21. The second-order valence-corrected chi connectivity index (χ2v) is 10.2. The molecule has 198 valence electrons. The van der Waals surface area contributed by atoms with Crippen LogP contribution in [0.3, 0.4) is 0 Å². The van der Waals surface area contributed by atoms with Gasteiger partial charge in [0.05, 0.1) is 11.0 Å². The van der Waals surface area contributed by atoms with Crippen LogP contribution in [0.1, 0.15) is 11.1 Å². The smallest absolute Gasteiger partial charge is 0.164 e. The minimum atomic E-state index is -0.706. The normalized spacial score (nSPS) is 11.4. The van der Waals surface area contributed by atoms with Gasteiger partial charge in [-0.05, 0) is 50.2 Å². The molecule has 4 nitrogen and oxygen atoms in total. The van der Waals surface area contributed by atoms with Gasteiger partial charge < -0.3 is 4.57 Å². The Hall–Kier alpha value is -5.23. The van der Waals surface area contributed by atoms with Crippen molar-refractivity contribution in [3.8, 4) is 39.9 Å². The molecule has 0 spiro atoms. The Kier molecular flexibility index (Phi) is 5.89. The van der Waals surface area contributed by atoms with Gasteiger partial charge in [-0.25, -0.2) is 23.7 Å². The maximum atomic E-state index is 16.1. The lowest BCUT2D eigenvalue weighted by Gasteiger charge is -2.13. The number of halogens is 2. The molecule has 0 bridgehead atoms. The summed E-state index contributed by atoms with van der Waals surface area (Å²) >= 11 is 0. The molecule has 41 heavy (non-hydrogen) atoms. The first kappa shape index (κ1) is 24.8. The molecular formula is C35H24F2N4. The largest absolute Gasteiger partial charge is 0.304 e. The lowest BCUT2D eigenvalue weighted by atomic mass is 10.1. The number of hydrogen-bond acceptors (Lipinski definition) is 3. The van der Waals surface area contributed by atoms with Gasteiger partial charge >= 0.3 is 0 Å². The van der Waals surface area contributed by atoms with E-state index < -0.39 is 11.6 Å². The van der Waals surface area contributed by atoms with E-state index in [9.17, 15) is 0 Å². The zero-order chi connectivity index (χ0) is 28.1.